The fourth-order valence-electron chi connectivity index (χ4n) is 5.53. The third-order valence-corrected chi connectivity index (χ3v) is 10.8. The molecule has 214 valence electrons. The average molecular weight is 658 g/mol. The maximum atomic E-state index is 13.9. The number of hydrogen-bond donors (Lipinski definition) is 1. The summed E-state index contributed by atoms with van der Waals surface area (Å²) in [5.74, 6) is -0.422. The Morgan fingerprint density at radius 2 is 1.78 bits per heavy atom. The van der Waals surface area contributed by atoms with Crippen molar-refractivity contribution in [1.82, 2.24) is 14.7 Å². The van der Waals surface area contributed by atoms with Crippen molar-refractivity contribution in [1.29, 1.82) is 0 Å². The Bertz CT molecular complexity index is 1850. The number of nitrogens with one attached hydrogen (secondary N) is 1. The van der Waals surface area contributed by atoms with Crippen LogP contribution in [0.15, 0.2) is 80.9 Å². The Labute approximate surface area is 252 Å². The first-order valence-corrected chi connectivity index (χ1v) is 15.6. The first kappa shape index (κ1) is 29.2. The third kappa shape index (κ3) is 4.91. The SMILES string of the molecule is Cc1c(N(C)S(=O)(=O)c2cc(C(=O)NC3c4cccc(Br)c4CC3(C)C)ccc2Cl)c(=O)n(-c2ccccc2)n1C. The summed E-state index contributed by atoms with van der Waals surface area (Å²) in [7, 11) is -1.33. The second-order valence-electron chi connectivity index (χ2n) is 10.9. The number of hydrogen-bond acceptors (Lipinski definition) is 4. The molecule has 11 heteroatoms. The van der Waals surface area contributed by atoms with Crippen LogP contribution in [0.2, 0.25) is 5.02 Å². The molecule has 41 heavy (non-hydrogen) atoms. The first-order chi connectivity index (χ1) is 19.3. The number of nitrogens with zero attached hydrogens (tertiary/aromatic N) is 3. The lowest BCUT2D eigenvalue weighted by Gasteiger charge is -2.28. The van der Waals surface area contributed by atoms with Crippen LogP contribution in [0.3, 0.4) is 0 Å². The molecule has 0 saturated heterocycles. The molecule has 0 saturated carbocycles. The van der Waals surface area contributed by atoms with Gasteiger partial charge in [0.15, 0.2) is 0 Å². The molecule has 1 atom stereocenters. The number of amides is 1. The highest BCUT2D eigenvalue weighted by molar-refractivity contribution is 9.10. The van der Waals surface area contributed by atoms with Gasteiger partial charge in [-0.1, -0.05) is 71.7 Å². The zero-order valence-corrected chi connectivity index (χ0v) is 26.4. The quantitative estimate of drug-likeness (QED) is 0.285. The van der Waals surface area contributed by atoms with Crippen molar-refractivity contribution in [3.05, 3.63) is 109 Å². The van der Waals surface area contributed by atoms with Crippen LogP contribution < -0.4 is 15.2 Å². The van der Waals surface area contributed by atoms with Crippen LogP contribution in [0.1, 0.15) is 47.1 Å². The smallest absolute Gasteiger partial charge is 0.296 e. The predicted molar refractivity (Wildman–Crippen MR) is 165 cm³/mol. The number of carbonyl (C=O) groups is 1. The van der Waals surface area contributed by atoms with Crippen LogP contribution in [-0.4, -0.2) is 30.7 Å². The molecule has 1 aliphatic rings. The minimum atomic E-state index is -4.33. The van der Waals surface area contributed by atoms with Gasteiger partial charge >= 0.3 is 0 Å². The summed E-state index contributed by atoms with van der Waals surface area (Å²) in [5.41, 5.74) is 2.58. The predicted octanol–water partition coefficient (Wildman–Crippen LogP) is 5.78. The van der Waals surface area contributed by atoms with Gasteiger partial charge < -0.3 is 5.32 Å². The van der Waals surface area contributed by atoms with E-state index in [0.29, 0.717) is 11.4 Å². The van der Waals surface area contributed by atoms with E-state index in [2.05, 4.69) is 35.1 Å². The summed E-state index contributed by atoms with van der Waals surface area (Å²) in [6.07, 6.45) is 0.774. The standard InChI is InChI=1S/C30H30BrClN4O4S/c1-18-26(29(38)36(34(18)4)20-10-7-6-8-11-20)35(5)41(39,40)25-16-19(14-15-24(25)32)28(37)33-27-21-12-9-13-23(31)22(21)17-30(27,2)3/h6-16,27H,17H2,1-5H3,(H,33,37). The Kier molecular flexibility index (Phi) is 7.46. The van der Waals surface area contributed by atoms with Gasteiger partial charge in [-0.3, -0.25) is 18.6 Å². The topological polar surface area (TPSA) is 93.4 Å². The molecule has 5 rings (SSSR count). The largest absolute Gasteiger partial charge is 0.345 e. The van der Waals surface area contributed by atoms with Crippen molar-refractivity contribution < 1.29 is 13.2 Å². The van der Waals surface area contributed by atoms with Crippen molar-refractivity contribution in [3.63, 3.8) is 0 Å². The van der Waals surface area contributed by atoms with Gasteiger partial charge in [-0.15, -0.1) is 0 Å². The summed E-state index contributed by atoms with van der Waals surface area (Å²) < 4.78 is 32.7. The lowest BCUT2D eigenvalue weighted by atomic mass is 9.85. The van der Waals surface area contributed by atoms with Gasteiger partial charge in [-0.05, 0) is 66.3 Å². The third-order valence-electron chi connectivity index (χ3n) is 7.83. The van der Waals surface area contributed by atoms with Gasteiger partial charge in [0.25, 0.3) is 21.5 Å². The highest BCUT2D eigenvalue weighted by Gasteiger charge is 2.41. The van der Waals surface area contributed by atoms with Gasteiger partial charge in [0.05, 0.1) is 22.4 Å². The van der Waals surface area contributed by atoms with Gasteiger partial charge in [0.2, 0.25) is 0 Å². The van der Waals surface area contributed by atoms with Gasteiger partial charge in [-0.2, -0.15) is 0 Å². The molecule has 1 aromatic heterocycles. The molecule has 1 unspecified atom stereocenters. The summed E-state index contributed by atoms with van der Waals surface area (Å²) in [5, 5.41) is 3.05. The van der Waals surface area contributed by atoms with Gasteiger partial charge in [-0.25, -0.2) is 13.1 Å². The minimum Gasteiger partial charge on any atom is -0.345 e. The molecule has 1 aliphatic carbocycles. The molecular formula is C30H30BrClN4O4S. The molecule has 0 bridgehead atoms. The number of halogens is 2. The van der Waals surface area contributed by atoms with Crippen molar-refractivity contribution in [2.24, 2.45) is 12.5 Å². The second-order valence-corrected chi connectivity index (χ2v) is 14.1. The second kappa shape index (κ2) is 10.5. The number of carbonyl (C=O) groups excluding carboxylic acids is 1. The van der Waals surface area contributed by atoms with Crippen LogP contribution in [0.4, 0.5) is 5.69 Å². The van der Waals surface area contributed by atoms with Crippen molar-refractivity contribution in [2.75, 3.05) is 11.4 Å². The van der Waals surface area contributed by atoms with Crippen LogP contribution in [0.5, 0.6) is 0 Å². The number of rotatable bonds is 6. The number of sulfonamides is 1. The van der Waals surface area contributed by atoms with E-state index in [-0.39, 0.29) is 32.6 Å². The van der Waals surface area contributed by atoms with Crippen LogP contribution >= 0.6 is 27.5 Å². The van der Waals surface area contributed by atoms with E-state index in [0.717, 1.165) is 26.3 Å². The lowest BCUT2D eigenvalue weighted by Crippen LogP contribution is -2.36. The number of para-hydroxylation sites is 1. The lowest BCUT2D eigenvalue weighted by molar-refractivity contribution is 0.0903. The van der Waals surface area contributed by atoms with Crippen LogP contribution in [-0.2, 0) is 23.5 Å². The number of benzene rings is 3. The Hall–Kier alpha value is -3.34. The van der Waals surface area contributed by atoms with E-state index >= 15 is 0 Å². The van der Waals surface area contributed by atoms with E-state index in [4.69, 9.17) is 11.6 Å². The zero-order chi connectivity index (χ0) is 29.9. The van der Waals surface area contributed by atoms with E-state index in [9.17, 15) is 18.0 Å². The van der Waals surface area contributed by atoms with Crippen LogP contribution in [0.25, 0.3) is 5.69 Å². The summed E-state index contributed by atoms with van der Waals surface area (Å²) in [4.78, 5) is 26.7. The molecule has 4 aromatic rings. The van der Waals surface area contributed by atoms with E-state index in [1.54, 1.807) is 42.9 Å². The molecule has 1 heterocycles. The molecule has 0 spiro atoms. The Balaban J connectivity index is 1.50. The maximum absolute atomic E-state index is 13.9. The molecule has 3 aromatic carbocycles. The summed E-state index contributed by atoms with van der Waals surface area (Å²) in [6, 6.07) is 18.7. The number of fused-ring (bicyclic) bond motifs is 1. The van der Waals surface area contributed by atoms with Crippen LogP contribution in [0, 0.1) is 12.3 Å². The molecule has 8 nitrogen and oxygen atoms in total. The molecular weight excluding hydrogens is 628 g/mol. The average Bonchev–Trinajstić information content (AvgIpc) is 3.32. The highest BCUT2D eigenvalue weighted by atomic mass is 79.9. The fraction of sp³-hybridized carbons (Fsp3) is 0.267. The molecule has 1 N–H and O–H groups in total. The Morgan fingerprint density at radius 1 is 1.10 bits per heavy atom. The maximum Gasteiger partial charge on any atom is 0.296 e. The minimum absolute atomic E-state index is 0.0165. The van der Waals surface area contributed by atoms with Crippen molar-refractivity contribution in [3.8, 4) is 5.69 Å². The molecule has 0 aliphatic heterocycles. The molecule has 1 amide bonds. The molecule has 0 fully saturated rings. The van der Waals surface area contributed by atoms with Crippen molar-refractivity contribution >= 4 is 49.1 Å². The monoisotopic (exact) mass is 656 g/mol. The Morgan fingerprint density at radius 3 is 2.46 bits per heavy atom. The van der Waals surface area contributed by atoms with Gasteiger partial charge in [0.1, 0.15) is 10.6 Å². The number of anilines is 1. The van der Waals surface area contributed by atoms with E-state index in [1.807, 2.05) is 24.3 Å². The number of aromatic nitrogens is 2. The first-order valence-electron chi connectivity index (χ1n) is 13.0. The normalized spacial score (nSPS) is 15.9. The van der Waals surface area contributed by atoms with Gasteiger partial charge in [0, 0.05) is 24.1 Å². The highest BCUT2D eigenvalue weighted by Crippen LogP contribution is 2.47. The molecule has 0 radical (unpaired) electrons. The van der Waals surface area contributed by atoms with E-state index in [1.165, 1.54) is 29.9 Å². The fourth-order valence-corrected chi connectivity index (χ4v) is 7.79. The summed E-state index contributed by atoms with van der Waals surface area (Å²) >= 11 is 10.0. The van der Waals surface area contributed by atoms with E-state index < -0.39 is 21.5 Å². The summed E-state index contributed by atoms with van der Waals surface area (Å²) in [6.45, 7) is 5.84. The zero-order valence-electron chi connectivity index (χ0n) is 23.3. The van der Waals surface area contributed by atoms with Crippen molar-refractivity contribution in [2.45, 2.75) is 38.1 Å².